The van der Waals surface area contributed by atoms with E-state index in [4.69, 9.17) is 4.74 Å². The van der Waals surface area contributed by atoms with Crippen molar-refractivity contribution in [2.45, 2.75) is 11.8 Å². The molecule has 3 nitrogen and oxygen atoms in total. The normalized spacial score (nSPS) is 12.2. The maximum Gasteiger partial charge on any atom is 0.340 e. The van der Waals surface area contributed by atoms with E-state index in [0.29, 0.717) is 5.56 Å². The number of alkyl halides is 1. The Kier molecular flexibility index (Phi) is 4.78. The molecule has 0 bridgehead atoms. The molecule has 0 amide bonds. The number of hydrogen-bond donors (Lipinski definition) is 0. The van der Waals surface area contributed by atoms with Crippen LogP contribution in [0.15, 0.2) is 24.3 Å². The first-order valence-electron chi connectivity index (χ1n) is 4.55. The number of hydrogen-bond acceptors (Lipinski definition) is 3. The number of rotatable bonds is 4. The van der Waals surface area contributed by atoms with Gasteiger partial charge in [0.1, 0.15) is 0 Å². The van der Waals surface area contributed by atoms with Crippen LogP contribution >= 0.6 is 15.9 Å². The number of ether oxygens (including phenoxy) is 2. The molecule has 0 fully saturated rings. The molecule has 0 aliphatic heterocycles. The molecule has 1 unspecified atom stereocenters. The Morgan fingerprint density at radius 2 is 2.27 bits per heavy atom. The molecule has 1 aromatic carbocycles. The lowest BCUT2D eigenvalue weighted by molar-refractivity contribution is -0.0125. The lowest BCUT2D eigenvalue weighted by Crippen LogP contribution is -2.07. The van der Waals surface area contributed by atoms with Crippen molar-refractivity contribution in [3.8, 4) is 0 Å². The highest BCUT2D eigenvalue weighted by atomic mass is 79.9. The van der Waals surface area contributed by atoms with Gasteiger partial charge in [0.05, 0.1) is 5.56 Å². The van der Waals surface area contributed by atoms with Crippen molar-refractivity contribution in [1.82, 2.24) is 0 Å². The summed E-state index contributed by atoms with van der Waals surface area (Å²) < 4.78 is 9.49. The largest absolute Gasteiger partial charge is 0.435 e. The van der Waals surface area contributed by atoms with Gasteiger partial charge in [0, 0.05) is 11.9 Å². The summed E-state index contributed by atoms with van der Waals surface area (Å²) in [5.74, 6) is -0.369. The first-order chi connectivity index (χ1) is 7.15. The Bertz CT molecular complexity index is 336. The van der Waals surface area contributed by atoms with E-state index >= 15 is 0 Å². The Morgan fingerprint density at radius 3 is 2.87 bits per heavy atom. The van der Waals surface area contributed by atoms with Crippen LogP contribution in [0.4, 0.5) is 0 Å². The minimum atomic E-state index is -0.369. The summed E-state index contributed by atoms with van der Waals surface area (Å²) in [4.78, 5) is 11.7. The van der Waals surface area contributed by atoms with Crippen LogP contribution in [-0.2, 0) is 9.47 Å². The van der Waals surface area contributed by atoms with Gasteiger partial charge in [0.15, 0.2) is 6.79 Å². The Labute approximate surface area is 97.5 Å². The van der Waals surface area contributed by atoms with Gasteiger partial charge in [-0.1, -0.05) is 28.1 Å². The second-order valence-corrected chi connectivity index (χ2v) is 4.45. The fraction of sp³-hybridized carbons (Fsp3) is 0.364. The molecule has 0 aromatic heterocycles. The molecule has 1 atom stereocenters. The van der Waals surface area contributed by atoms with Crippen LogP contribution in [0.1, 0.15) is 27.7 Å². The number of methoxy groups -OCH3 is 1. The molecule has 0 heterocycles. The fourth-order valence-electron chi connectivity index (χ4n) is 1.11. The van der Waals surface area contributed by atoms with E-state index < -0.39 is 0 Å². The minimum Gasteiger partial charge on any atom is -0.435 e. The molecule has 0 spiro atoms. The van der Waals surface area contributed by atoms with Gasteiger partial charge in [-0.25, -0.2) is 4.79 Å². The summed E-state index contributed by atoms with van der Waals surface area (Å²) in [5.41, 5.74) is 1.58. The van der Waals surface area contributed by atoms with Gasteiger partial charge in [-0.2, -0.15) is 0 Å². The molecule has 0 saturated heterocycles. The van der Waals surface area contributed by atoms with Crippen LogP contribution < -0.4 is 0 Å². The fourth-order valence-corrected chi connectivity index (χ4v) is 1.39. The minimum absolute atomic E-state index is 0.0209. The van der Waals surface area contributed by atoms with Gasteiger partial charge in [-0.05, 0) is 24.6 Å². The molecule has 1 aromatic rings. The van der Waals surface area contributed by atoms with Gasteiger partial charge in [0.25, 0.3) is 0 Å². The molecule has 0 saturated carbocycles. The predicted octanol–water partition coefficient (Wildman–Crippen LogP) is 2.90. The quantitative estimate of drug-likeness (QED) is 0.480. The number of carbonyl (C=O) groups excluding carboxylic acids is 1. The van der Waals surface area contributed by atoms with Gasteiger partial charge >= 0.3 is 5.97 Å². The summed E-state index contributed by atoms with van der Waals surface area (Å²) >= 11 is 3.44. The van der Waals surface area contributed by atoms with E-state index in [2.05, 4.69) is 20.7 Å². The van der Waals surface area contributed by atoms with Gasteiger partial charge in [0.2, 0.25) is 0 Å². The third-order valence-corrected chi connectivity index (χ3v) is 2.42. The smallest absolute Gasteiger partial charge is 0.340 e. The molecule has 0 radical (unpaired) electrons. The van der Waals surface area contributed by atoms with Crippen LogP contribution in [0.2, 0.25) is 0 Å². The number of esters is 1. The molecule has 0 aliphatic rings. The maximum atomic E-state index is 11.5. The Morgan fingerprint density at radius 1 is 1.53 bits per heavy atom. The van der Waals surface area contributed by atoms with Gasteiger partial charge in [-0.3, -0.25) is 0 Å². The number of benzene rings is 1. The molecular weight excluding hydrogens is 260 g/mol. The SMILES string of the molecule is COCOC(=O)c1cccc(C(C)Br)c1. The summed E-state index contributed by atoms with van der Waals surface area (Å²) in [7, 11) is 1.48. The van der Waals surface area contributed by atoms with Crippen LogP contribution in [0.5, 0.6) is 0 Å². The second kappa shape index (κ2) is 5.88. The highest BCUT2D eigenvalue weighted by Crippen LogP contribution is 2.22. The van der Waals surface area contributed by atoms with Crippen molar-refractivity contribution < 1.29 is 14.3 Å². The Hall–Kier alpha value is -0.870. The number of halogens is 1. The third-order valence-electron chi connectivity index (χ3n) is 1.89. The summed E-state index contributed by atoms with van der Waals surface area (Å²) in [6.45, 7) is 1.98. The molecule has 0 N–H and O–H groups in total. The van der Waals surface area contributed by atoms with Crippen molar-refractivity contribution in [2.75, 3.05) is 13.9 Å². The molecule has 0 aliphatic carbocycles. The van der Waals surface area contributed by atoms with E-state index in [1.54, 1.807) is 12.1 Å². The van der Waals surface area contributed by atoms with Crippen molar-refractivity contribution in [2.24, 2.45) is 0 Å². The van der Waals surface area contributed by atoms with Gasteiger partial charge in [-0.15, -0.1) is 0 Å². The average Bonchev–Trinajstić information content (AvgIpc) is 2.26. The molecular formula is C11H13BrO3. The molecule has 82 valence electrons. The van der Waals surface area contributed by atoms with E-state index in [-0.39, 0.29) is 17.6 Å². The molecule has 4 heteroatoms. The zero-order chi connectivity index (χ0) is 11.3. The molecule has 15 heavy (non-hydrogen) atoms. The average molecular weight is 273 g/mol. The monoisotopic (exact) mass is 272 g/mol. The number of carbonyl (C=O) groups is 1. The van der Waals surface area contributed by atoms with Crippen molar-refractivity contribution in [1.29, 1.82) is 0 Å². The highest BCUT2D eigenvalue weighted by Gasteiger charge is 2.08. The van der Waals surface area contributed by atoms with E-state index in [1.165, 1.54) is 7.11 Å². The van der Waals surface area contributed by atoms with Crippen molar-refractivity contribution >= 4 is 21.9 Å². The predicted molar refractivity (Wildman–Crippen MR) is 61.1 cm³/mol. The lowest BCUT2D eigenvalue weighted by Gasteiger charge is -2.06. The van der Waals surface area contributed by atoms with E-state index in [9.17, 15) is 4.79 Å². The summed E-state index contributed by atoms with van der Waals surface area (Å²) in [6.07, 6.45) is 0. The summed E-state index contributed by atoms with van der Waals surface area (Å²) in [6, 6.07) is 7.30. The van der Waals surface area contributed by atoms with Crippen LogP contribution in [0, 0.1) is 0 Å². The highest BCUT2D eigenvalue weighted by molar-refractivity contribution is 9.09. The lowest BCUT2D eigenvalue weighted by atomic mass is 10.1. The maximum absolute atomic E-state index is 11.5. The zero-order valence-corrected chi connectivity index (χ0v) is 10.3. The van der Waals surface area contributed by atoms with E-state index in [1.807, 2.05) is 19.1 Å². The van der Waals surface area contributed by atoms with Gasteiger partial charge < -0.3 is 9.47 Å². The first-order valence-corrected chi connectivity index (χ1v) is 5.47. The zero-order valence-electron chi connectivity index (χ0n) is 8.70. The van der Waals surface area contributed by atoms with Crippen LogP contribution in [0.25, 0.3) is 0 Å². The van der Waals surface area contributed by atoms with Crippen molar-refractivity contribution in [3.05, 3.63) is 35.4 Å². The van der Waals surface area contributed by atoms with Crippen LogP contribution in [-0.4, -0.2) is 19.9 Å². The molecule has 1 rings (SSSR count). The topological polar surface area (TPSA) is 35.5 Å². The first kappa shape index (κ1) is 12.2. The van der Waals surface area contributed by atoms with Crippen molar-refractivity contribution in [3.63, 3.8) is 0 Å². The standard InChI is InChI=1S/C11H13BrO3/c1-8(12)9-4-3-5-10(6-9)11(13)15-7-14-2/h3-6,8H,7H2,1-2H3. The third kappa shape index (κ3) is 3.64. The summed E-state index contributed by atoms with van der Waals surface area (Å²) in [5, 5.41) is 0. The second-order valence-electron chi connectivity index (χ2n) is 3.08. The van der Waals surface area contributed by atoms with Crippen LogP contribution in [0.3, 0.4) is 0 Å². The van der Waals surface area contributed by atoms with E-state index in [0.717, 1.165) is 5.56 Å². The Balaban J connectivity index is 2.76.